The summed E-state index contributed by atoms with van der Waals surface area (Å²) >= 11 is 0. The predicted molar refractivity (Wildman–Crippen MR) is 92.3 cm³/mol. The lowest BCUT2D eigenvalue weighted by molar-refractivity contribution is -0.133. The highest BCUT2D eigenvalue weighted by Crippen LogP contribution is 2.31. The molecule has 3 heterocycles. The van der Waals surface area contributed by atoms with Crippen molar-refractivity contribution in [1.82, 2.24) is 24.8 Å². The van der Waals surface area contributed by atoms with Crippen molar-refractivity contribution >= 4 is 17.7 Å². The third kappa shape index (κ3) is 4.27. The fourth-order valence-corrected chi connectivity index (χ4v) is 2.95. The van der Waals surface area contributed by atoms with E-state index in [1.165, 1.54) is 0 Å². The lowest BCUT2D eigenvalue weighted by Crippen LogP contribution is -2.32. The third-order valence-corrected chi connectivity index (χ3v) is 4.07. The number of rotatable bonds is 6. The van der Waals surface area contributed by atoms with E-state index in [9.17, 15) is 4.79 Å². The second kappa shape index (κ2) is 7.98. The van der Waals surface area contributed by atoms with Crippen molar-refractivity contribution < 1.29 is 9.53 Å². The SMILES string of the molecule is COCCC(=O)N1CCC[C@@H]1c1nc(C)cc(Nc2ncccn2)n1. The van der Waals surface area contributed by atoms with Crippen molar-refractivity contribution in [3.05, 3.63) is 36.0 Å². The number of carbonyl (C=O) groups excluding carboxylic acids is 1. The zero-order valence-electron chi connectivity index (χ0n) is 14.5. The van der Waals surface area contributed by atoms with E-state index in [0.717, 1.165) is 25.1 Å². The molecule has 8 heteroatoms. The van der Waals surface area contributed by atoms with Crippen molar-refractivity contribution in [1.29, 1.82) is 0 Å². The Bertz CT molecular complexity index is 724. The number of methoxy groups -OCH3 is 1. The Morgan fingerprint density at radius 3 is 2.92 bits per heavy atom. The van der Waals surface area contributed by atoms with Crippen LogP contribution < -0.4 is 5.32 Å². The van der Waals surface area contributed by atoms with Crippen LogP contribution in [0.5, 0.6) is 0 Å². The van der Waals surface area contributed by atoms with Gasteiger partial charge in [0, 0.05) is 37.8 Å². The van der Waals surface area contributed by atoms with Gasteiger partial charge in [0.2, 0.25) is 11.9 Å². The number of amides is 1. The molecule has 2 aromatic heterocycles. The van der Waals surface area contributed by atoms with Crippen molar-refractivity contribution in [2.24, 2.45) is 0 Å². The molecule has 0 aromatic carbocycles. The molecule has 0 aliphatic carbocycles. The number of nitrogens with one attached hydrogen (secondary N) is 1. The van der Waals surface area contributed by atoms with Gasteiger partial charge in [-0.3, -0.25) is 4.79 Å². The Kier molecular flexibility index (Phi) is 5.49. The zero-order chi connectivity index (χ0) is 17.6. The highest BCUT2D eigenvalue weighted by molar-refractivity contribution is 5.77. The summed E-state index contributed by atoms with van der Waals surface area (Å²) in [6, 6.07) is 3.50. The van der Waals surface area contributed by atoms with E-state index in [1.807, 2.05) is 17.9 Å². The Morgan fingerprint density at radius 1 is 1.36 bits per heavy atom. The van der Waals surface area contributed by atoms with Crippen LogP contribution in [0.25, 0.3) is 0 Å². The molecule has 2 aromatic rings. The molecule has 0 spiro atoms. The van der Waals surface area contributed by atoms with Gasteiger partial charge in [0.25, 0.3) is 0 Å². The van der Waals surface area contributed by atoms with Crippen LogP contribution in [0.3, 0.4) is 0 Å². The molecular weight excluding hydrogens is 320 g/mol. The van der Waals surface area contributed by atoms with Gasteiger partial charge < -0.3 is 15.0 Å². The molecule has 3 rings (SSSR count). The Labute approximate surface area is 146 Å². The maximum atomic E-state index is 12.4. The molecule has 132 valence electrons. The van der Waals surface area contributed by atoms with Gasteiger partial charge >= 0.3 is 0 Å². The molecule has 1 N–H and O–H groups in total. The first kappa shape index (κ1) is 17.2. The molecule has 1 fully saturated rings. The first-order valence-corrected chi connectivity index (χ1v) is 8.35. The summed E-state index contributed by atoms with van der Waals surface area (Å²) in [4.78, 5) is 31.7. The van der Waals surface area contributed by atoms with Crippen molar-refractivity contribution in [2.75, 3.05) is 25.6 Å². The van der Waals surface area contributed by atoms with Gasteiger partial charge in [-0.1, -0.05) is 0 Å². The second-order valence-electron chi connectivity index (χ2n) is 5.94. The first-order chi connectivity index (χ1) is 12.2. The van der Waals surface area contributed by atoms with E-state index in [-0.39, 0.29) is 11.9 Å². The molecule has 25 heavy (non-hydrogen) atoms. The van der Waals surface area contributed by atoms with Crippen LogP contribution in [-0.2, 0) is 9.53 Å². The summed E-state index contributed by atoms with van der Waals surface area (Å²) in [6.07, 6.45) is 5.52. The largest absolute Gasteiger partial charge is 0.384 e. The Morgan fingerprint density at radius 2 is 2.16 bits per heavy atom. The van der Waals surface area contributed by atoms with Gasteiger partial charge in [-0.25, -0.2) is 19.9 Å². The Hall–Kier alpha value is -2.61. The van der Waals surface area contributed by atoms with Crippen molar-refractivity contribution in [3.63, 3.8) is 0 Å². The average molecular weight is 342 g/mol. The van der Waals surface area contributed by atoms with E-state index < -0.39 is 0 Å². The smallest absolute Gasteiger partial charge is 0.228 e. The molecular formula is C17H22N6O2. The predicted octanol–water partition coefficient (Wildman–Crippen LogP) is 2.02. The van der Waals surface area contributed by atoms with Crippen LogP contribution in [0, 0.1) is 6.92 Å². The number of ether oxygens (including phenoxy) is 1. The van der Waals surface area contributed by atoms with Gasteiger partial charge in [0.1, 0.15) is 5.82 Å². The van der Waals surface area contributed by atoms with Gasteiger partial charge in [0.15, 0.2) is 5.82 Å². The maximum Gasteiger partial charge on any atom is 0.228 e. The zero-order valence-corrected chi connectivity index (χ0v) is 14.5. The summed E-state index contributed by atoms with van der Waals surface area (Å²) in [6.45, 7) is 3.07. The number of likely N-dealkylation sites (tertiary alicyclic amines) is 1. The third-order valence-electron chi connectivity index (χ3n) is 4.07. The Balaban J connectivity index is 1.80. The molecule has 1 aliphatic rings. The van der Waals surface area contributed by atoms with Crippen LogP contribution in [0.4, 0.5) is 11.8 Å². The van der Waals surface area contributed by atoms with Crippen LogP contribution >= 0.6 is 0 Å². The van der Waals surface area contributed by atoms with Crippen LogP contribution in [-0.4, -0.2) is 51.0 Å². The fraction of sp³-hybridized carbons (Fsp3) is 0.471. The van der Waals surface area contributed by atoms with E-state index >= 15 is 0 Å². The molecule has 1 aliphatic heterocycles. The molecule has 0 radical (unpaired) electrons. The average Bonchev–Trinajstić information content (AvgIpc) is 3.10. The minimum absolute atomic E-state index is 0.0790. The normalized spacial score (nSPS) is 16.9. The highest BCUT2D eigenvalue weighted by Gasteiger charge is 2.32. The molecule has 0 bridgehead atoms. The number of hydrogen-bond acceptors (Lipinski definition) is 7. The molecule has 8 nitrogen and oxygen atoms in total. The summed E-state index contributed by atoms with van der Waals surface area (Å²) in [5.74, 6) is 1.84. The number of anilines is 2. The summed E-state index contributed by atoms with van der Waals surface area (Å²) < 4.78 is 5.01. The molecule has 1 atom stereocenters. The summed E-state index contributed by atoms with van der Waals surface area (Å²) in [5, 5.41) is 3.09. The quantitative estimate of drug-likeness (QED) is 0.858. The topological polar surface area (TPSA) is 93.1 Å². The van der Waals surface area contributed by atoms with Crippen LogP contribution in [0.15, 0.2) is 24.5 Å². The first-order valence-electron chi connectivity index (χ1n) is 8.35. The standard InChI is InChI=1S/C17H22N6O2/c1-12-11-14(22-17-18-7-4-8-19-17)21-16(20-12)13-5-3-9-23(13)15(24)6-10-25-2/h4,7-8,11,13H,3,5-6,9-10H2,1-2H3,(H,18,19,20,21,22)/t13-/m1/s1. The monoisotopic (exact) mass is 342 g/mol. The molecule has 0 unspecified atom stereocenters. The fourth-order valence-electron chi connectivity index (χ4n) is 2.95. The number of aryl methyl sites for hydroxylation is 1. The number of aromatic nitrogens is 4. The van der Waals surface area contributed by atoms with E-state index in [1.54, 1.807) is 25.6 Å². The second-order valence-corrected chi connectivity index (χ2v) is 5.94. The molecule has 1 saturated heterocycles. The lowest BCUT2D eigenvalue weighted by Gasteiger charge is -2.24. The van der Waals surface area contributed by atoms with Crippen LogP contribution in [0.1, 0.15) is 36.8 Å². The van der Waals surface area contributed by atoms with Crippen molar-refractivity contribution in [3.8, 4) is 0 Å². The van der Waals surface area contributed by atoms with E-state index in [0.29, 0.717) is 30.6 Å². The number of hydrogen-bond donors (Lipinski definition) is 1. The summed E-state index contributed by atoms with van der Waals surface area (Å²) in [5.41, 5.74) is 0.833. The lowest BCUT2D eigenvalue weighted by atomic mass is 10.2. The molecule has 0 saturated carbocycles. The maximum absolute atomic E-state index is 12.4. The number of nitrogens with zero attached hydrogens (tertiary/aromatic N) is 5. The van der Waals surface area contributed by atoms with Gasteiger partial charge in [-0.2, -0.15) is 0 Å². The summed E-state index contributed by atoms with van der Waals surface area (Å²) in [7, 11) is 1.60. The molecule has 1 amide bonds. The highest BCUT2D eigenvalue weighted by atomic mass is 16.5. The van der Waals surface area contributed by atoms with Crippen molar-refractivity contribution in [2.45, 2.75) is 32.2 Å². The van der Waals surface area contributed by atoms with E-state index in [2.05, 4.69) is 25.3 Å². The van der Waals surface area contributed by atoms with Gasteiger partial charge in [0.05, 0.1) is 19.1 Å². The van der Waals surface area contributed by atoms with E-state index in [4.69, 9.17) is 4.74 Å². The van der Waals surface area contributed by atoms with Gasteiger partial charge in [-0.05, 0) is 25.8 Å². The van der Waals surface area contributed by atoms with Crippen LogP contribution in [0.2, 0.25) is 0 Å². The minimum Gasteiger partial charge on any atom is -0.384 e. The minimum atomic E-state index is -0.0958. The van der Waals surface area contributed by atoms with Gasteiger partial charge in [-0.15, -0.1) is 0 Å². The number of carbonyl (C=O) groups is 1.